The van der Waals surface area contributed by atoms with Crippen molar-refractivity contribution < 1.29 is 9.59 Å². The predicted molar refractivity (Wildman–Crippen MR) is 63.3 cm³/mol. The van der Waals surface area contributed by atoms with Gasteiger partial charge in [0.25, 0.3) is 0 Å². The van der Waals surface area contributed by atoms with Gasteiger partial charge in [-0.25, -0.2) is 0 Å². The summed E-state index contributed by atoms with van der Waals surface area (Å²) in [6, 6.07) is 8.98. The highest BCUT2D eigenvalue weighted by molar-refractivity contribution is 8.14. The zero-order valence-electron chi connectivity index (χ0n) is 8.27. The summed E-state index contributed by atoms with van der Waals surface area (Å²) in [5.74, 6) is 0.139. The maximum absolute atomic E-state index is 11.6. The highest BCUT2D eigenvalue weighted by atomic mass is 35.5. The Morgan fingerprint density at radius 3 is 2.47 bits per heavy atom. The zero-order valence-corrected chi connectivity index (χ0v) is 9.85. The Kier molecular flexibility index (Phi) is 4.85. The summed E-state index contributed by atoms with van der Waals surface area (Å²) >= 11 is 6.42. The Labute approximate surface area is 98.0 Å². The fraction of sp³-hybridized carbons (Fsp3) is 0.273. The van der Waals surface area contributed by atoms with Gasteiger partial charge in [-0.15, -0.1) is 0 Å². The predicted octanol–water partition coefficient (Wildman–Crippen LogP) is 2.96. The molecule has 0 aliphatic carbocycles. The average Bonchev–Trinajstić information content (AvgIpc) is 2.26. The van der Waals surface area contributed by atoms with Gasteiger partial charge >= 0.3 is 0 Å². The van der Waals surface area contributed by atoms with E-state index in [1.807, 2.05) is 18.2 Å². The molecule has 1 atom stereocenters. The second-order valence-electron chi connectivity index (χ2n) is 3.17. The maximum Gasteiger partial charge on any atom is 0.225 e. The van der Waals surface area contributed by atoms with Gasteiger partial charge in [0.2, 0.25) is 10.4 Å². The third-order valence-corrected chi connectivity index (χ3v) is 3.40. The Bertz CT molecular complexity index is 351. The van der Waals surface area contributed by atoms with E-state index in [1.165, 1.54) is 0 Å². The van der Waals surface area contributed by atoms with Gasteiger partial charge in [0, 0.05) is 17.2 Å². The van der Waals surface area contributed by atoms with Crippen LogP contribution >= 0.6 is 23.4 Å². The maximum atomic E-state index is 11.6. The molecular formula is C11H11ClO2S. The van der Waals surface area contributed by atoms with Crippen molar-refractivity contribution in [1.82, 2.24) is 0 Å². The van der Waals surface area contributed by atoms with Crippen molar-refractivity contribution in [3.63, 3.8) is 0 Å². The van der Waals surface area contributed by atoms with E-state index in [2.05, 4.69) is 0 Å². The van der Waals surface area contributed by atoms with Crippen LogP contribution in [0.15, 0.2) is 30.3 Å². The molecule has 2 nitrogen and oxygen atoms in total. The smallest absolute Gasteiger partial charge is 0.225 e. The largest absolute Gasteiger partial charge is 0.282 e. The Morgan fingerprint density at radius 2 is 1.93 bits per heavy atom. The van der Waals surface area contributed by atoms with Crippen molar-refractivity contribution in [2.75, 3.05) is 5.75 Å². The monoisotopic (exact) mass is 242 g/mol. The molecule has 0 aromatic heterocycles. The normalized spacial score (nSPS) is 12.1. The van der Waals surface area contributed by atoms with E-state index in [9.17, 15) is 9.59 Å². The van der Waals surface area contributed by atoms with Gasteiger partial charge < -0.3 is 0 Å². The van der Waals surface area contributed by atoms with Crippen LogP contribution in [0, 0.1) is 5.92 Å². The van der Waals surface area contributed by atoms with Crippen LogP contribution in [-0.4, -0.2) is 16.1 Å². The quantitative estimate of drug-likeness (QED) is 0.762. The molecule has 80 valence electrons. The molecule has 0 saturated heterocycles. The summed E-state index contributed by atoms with van der Waals surface area (Å²) in [7, 11) is 0. The van der Waals surface area contributed by atoms with Crippen LogP contribution in [0.4, 0.5) is 0 Å². The Morgan fingerprint density at radius 1 is 1.33 bits per heavy atom. The third kappa shape index (κ3) is 4.06. The Balaban J connectivity index is 2.47. The lowest BCUT2D eigenvalue weighted by Gasteiger charge is -2.04. The molecule has 0 bridgehead atoms. The lowest BCUT2D eigenvalue weighted by atomic mass is 10.2. The number of carbonyl (C=O) groups is 2. The first-order valence-electron chi connectivity index (χ1n) is 4.52. The third-order valence-electron chi connectivity index (χ3n) is 1.86. The fourth-order valence-corrected chi connectivity index (χ4v) is 1.95. The molecule has 0 aliphatic heterocycles. The summed E-state index contributed by atoms with van der Waals surface area (Å²) in [6.07, 6.45) is 0. The summed E-state index contributed by atoms with van der Waals surface area (Å²) in [4.78, 5) is 22.3. The van der Waals surface area contributed by atoms with Crippen LogP contribution in [-0.2, 0) is 4.79 Å². The molecule has 1 aromatic carbocycles. The van der Waals surface area contributed by atoms with E-state index in [-0.39, 0.29) is 11.0 Å². The molecule has 0 amide bonds. The number of benzene rings is 1. The van der Waals surface area contributed by atoms with Crippen LogP contribution in [0.2, 0.25) is 0 Å². The minimum absolute atomic E-state index is 0.0274. The van der Waals surface area contributed by atoms with E-state index in [1.54, 1.807) is 19.1 Å². The van der Waals surface area contributed by atoms with E-state index < -0.39 is 5.24 Å². The lowest BCUT2D eigenvalue weighted by molar-refractivity contribution is -0.114. The molecule has 0 radical (unpaired) electrons. The summed E-state index contributed by atoms with van der Waals surface area (Å²) in [5, 5.41) is -0.427. The standard InChI is InChI=1S/C11H11ClO2S/c1-8(10(12)13)7-15-11(14)9-5-3-2-4-6-9/h2-6,8H,7H2,1H3/t8-/m1/s1. The molecule has 1 aromatic rings. The van der Waals surface area contributed by atoms with Crippen molar-refractivity contribution >= 4 is 33.7 Å². The van der Waals surface area contributed by atoms with Crippen LogP contribution in [0.1, 0.15) is 17.3 Å². The first-order chi connectivity index (χ1) is 7.11. The topological polar surface area (TPSA) is 34.1 Å². The number of thioether (sulfide) groups is 1. The first-order valence-corrected chi connectivity index (χ1v) is 5.89. The number of rotatable bonds is 4. The van der Waals surface area contributed by atoms with Gasteiger partial charge in [0.1, 0.15) is 0 Å². The molecule has 1 rings (SSSR count). The van der Waals surface area contributed by atoms with Gasteiger partial charge in [0.15, 0.2) is 0 Å². The van der Waals surface area contributed by atoms with Gasteiger partial charge in [0.05, 0.1) is 0 Å². The van der Waals surface area contributed by atoms with Crippen molar-refractivity contribution in [3.8, 4) is 0 Å². The average molecular weight is 243 g/mol. The number of carbonyl (C=O) groups excluding carboxylic acids is 2. The highest BCUT2D eigenvalue weighted by Crippen LogP contribution is 2.16. The number of hydrogen-bond acceptors (Lipinski definition) is 3. The summed E-state index contributed by atoms with van der Waals surface area (Å²) in [5.41, 5.74) is 0.650. The Hall–Kier alpha value is -0.800. The van der Waals surface area contributed by atoms with Crippen molar-refractivity contribution in [1.29, 1.82) is 0 Å². The second-order valence-corrected chi connectivity index (χ2v) is 4.53. The zero-order chi connectivity index (χ0) is 11.3. The van der Waals surface area contributed by atoms with E-state index in [4.69, 9.17) is 11.6 Å². The van der Waals surface area contributed by atoms with Crippen molar-refractivity contribution in [2.45, 2.75) is 6.92 Å². The van der Waals surface area contributed by atoms with Crippen LogP contribution in [0.3, 0.4) is 0 Å². The van der Waals surface area contributed by atoms with Crippen LogP contribution < -0.4 is 0 Å². The molecule has 0 saturated carbocycles. The minimum atomic E-state index is -0.400. The molecule has 0 spiro atoms. The van der Waals surface area contributed by atoms with Gasteiger partial charge in [-0.3, -0.25) is 9.59 Å². The van der Waals surface area contributed by atoms with E-state index in [0.717, 1.165) is 11.8 Å². The fourth-order valence-electron chi connectivity index (χ4n) is 0.924. The van der Waals surface area contributed by atoms with Crippen molar-refractivity contribution in [3.05, 3.63) is 35.9 Å². The molecule has 0 heterocycles. The molecule has 15 heavy (non-hydrogen) atoms. The second kappa shape index (κ2) is 5.93. The van der Waals surface area contributed by atoms with E-state index in [0.29, 0.717) is 11.3 Å². The van der Waals surface area contributed by atoms with E-state index >= 15 is 0 Å². The number of halogens is 1. The summed E-state index contributed by atoms with van der Waals surface area (Å²) < 4.78 is 0. The van der Waals surface area contributed by atoms with Gasteiger partial charge in [-0.2, -0.15) is 0 Å². The number of hydrogen-bond donors (Lipinski definition) is 0. The summed E-state index contributed by atoms with van der Waals surface area (Å²) in [6.45, 7) is 1.71. The molecule has 0 fully saturated rings. The van der Waals surface area contributed by atoms with Crippen LogP contribution in [0.25, 0.3) is 0 Å². The molecule has 0 unspecified atom stereocenters. The molecule has 4 heteroatoms. The molecule has 0 aliphatic rings. The molecular weight excluding hydrogens is 232 g/mol. The minimum Gasteiger partial charge on any atom is -0.282 e. The lowest BCUT2D eigenvalue weighted by Crippen LogP contribution is -2.08. The highest BCUT2D eigenvalue weighted by Gasteiger charge is 2.13. The molecule has 0 N–H and O–H groups in total. The SMILES string of the molecule is C[C@H](CSC(=O)c1ccccc1)C(=O)Cl. The van der Waals surface area contributed by atoms with Crippen molar-refractivity contribution in [2.24, 2.45) is 5.92 Å². The first kappa shape index (κ1) is 12.3. The van der Waals surface area contributed by atoms with Gasteiger partial charge in [-0.05, 0) is 11.6 Å². The van der Waals surface area contributed by atoms with Gasteiger partial charge in [-0.1, -0.05) is 49.0 Å². The van der Waals surface area contributed by atoms with Crippen LogP contribution in [0.5, 0.6) is 0 Å².